The number of nitrogens with one attached hydrogen (secondary N) is 3. The Hall–Kier alpha value is -12.2. The van der Waals surface area contributed by atoms with Crippen LogP contribution in [0.3, 0.4) is 0 Å². The predicted octanol–water partition coefficient (Wildman–Crippen LogP) is 18.4. The molecule has 1 saturated carbocycles. The summed E-state index contributed by atoms with van der Waals surface area (Å²) in [4.78, 5) is 39.4. The van der Waals surface area contributed by atoms with Crippen LogP contribution in [0.4, 0.5) is 13.2 Å². The third-order valence-corrected chi connectivity index (χ3v) is 21.6. The molecule has 4 fully saturated rings. The molecular formula is C85H73F3N10O10. The number of aromatic amines is 3. The van der Waals surface area contributed by atoms with Crippen LogP contribution in [0.1, 0.15) is 129 Å². The molecule has 10 heterocycles. The number of nitrogens with zero attached hydrogens (tertiary/aromatic N) is 7. The molecule has 3 saturated heterocycles. The number of benzene rings is 8. The minimum atomic E-state index is -1.10. The molecule has 544 valence electrons. The van der Waals surface area contributed by atoms with Gasteiger partial charge in [0.05, 0.1) is 62.8 Å². The maximum atomic E-state index is 14.0. The van der Waals surface area contributed by atoms with Crippen molar-refractivity contribution in [3.8, 4) is 56.3 Å². The zero-order valence-corrected chi connectivity index (χ0v) is 58.7. The molecular weight excluding hydrogens is 1380 g/mol. The number of ether oxygens (including phenoxy) is 4. The topological polar surface area (TPSA) is 263 Å². The van der Waals surface area contributed by atoms with Gasteiger partial charge in [-0.2, -0.15) is 15.3 Å². The second-order valence-corrected chi connectivity index (χ2v) is 28.1. The molecule has 0 spiro atoms. The van der Waals surface area contributed by atoms with Gasteiger partial charge in [0.1, 0.15) is 23.6 Å². The zero-order chi connectivity index (χ0) is 73.8. The minimum absolute atomic E-state index is 0.0107. The molecule has 15 aromatic rings. The summed E-state index contributed by atoms with van der Waals surface area (Å²) in [5.41, 5.74) is 18.7. The molecule has 19 rings (SSSR count). The molecule has 0 unspecified atom stereocenters. The number of halogens is 3. The first kappa shape index (κ1) is 68.9. The largest absolute Gasteiger partial charge is 0.478 e. The Labute approximate surface area is 615 Å². The van der Waals surface area contributed by atoms with E-state index >= 15 is 0 Å². The van der Waals surface area contributed by atoms with Gasteiger partial charge in [0.15, 0.2) is 5.69 Å². The van der Waals surface area contributed by atoms with Gasteiger partial charge < -0.3 is 48.0 Å². The number of carboxylic acids is 3. The highest BCUT2D eigenvalue weighted by atomic mass is 19.1. The smallest absolute Gasteiger partial charge is 0.354 e. The first-order valence-corrected chi connectivity index (χ1v) is 36.3. The average molecular weight is 1450 g/mol. The van der Waals surface area contributed by atoms with Crippen LogP contribution < -0.4 is 4.74 Å². The summed E-state index contributed by atoms with van der Waals surface area (Å²) in [5, 5.41) is 56.4. The number of carboxylic acid groups (broad SMARTS) is 3. The van der Waals surface area contributed by atoms with Crippen LogP contribution in [0.2, 0.25) is 0 Å². The molecule has 0 atom stereocenters. The quantitative estimate of drug-likeness (QED) is 0.0592. The van der Waals surface area contributed by atoms with E-state index in [1.807, 2.05) is 31.2 Å². The average Bonchev–Trinajstić information content (AvgIpc) is 1.58. The Bertz CT molecular complexity index is 5940. The fourth-order valence-electron chi connectivity index (χ4n) is 16.1. The SMILES string of the molecule is Cc1cc(C(=O)O)ccc1-c1c(C2CCOCC2)n(-c2ccc(F)cc2)c2cc3cn[nH]c3cc12.O=C(O)c1ccc(-c2c(C3CCOCC3)n(-c3ccc(F)cc3)c3cc4cn[nH]c4cc23)c(OC2CCC2)n1.O=C(O)c1ccc(-c2c(C3CCOCC3)n(-c3ccc(F)cc3)c3cc4cn[nH]c4cc23)cc1. The lowest BCUT2D eigenvalue weighted by atomic mass is 9.88. The van der Waals surface area contributed by atoms with Crippen molar-refractivity contribution < 1.29 is 61.8 Å². The molecule has 1 aliphatic carbocycles. The number of H-pyrrole nitrogens is 3. The van der Waals surface area contributed by atoms with Crippen molar-refractivity contribution >= 4 is 83.3 Å². The zero-order valence-electron chi connectivity index (χ0n) is 58.7. The summed E-state index contributed by atoms with van der Waals surface area (Å²) in [6.45, 7) is 5.94. The summed E-state index contributed by atoms with van der Waals surface area (Å²) in [5.74, 6) is -2.93. The number of aryl methyl sites for hydroxylation is 1. The second-order valence-electron chi connectivity index (χ2n) is 28.1. The highest BCUT2D eigenvalue weighted by molar-refractivity contribution is 6.09. The number of aromatic carboxylic acids is 3. The van der Waals surface area contributed by atoms with E-state index in [9.17, 15) is 42.9 Å². The van der Waals surface area contributed by atoms with Crippen LogP contribution in [0.15, 0.2) is 182 Å². The molecule has 4 aliphatic rings. The molecule has 0 bridgehead atoms. The molecule has 20 nitrogen and oxygen atoms in total. The number of fused-ring (bicyclic) bond motifs is 6. The van der Waals surface area contributed by atoms with E-state index < -0.39 is 17.9 Å². The summed E-state index contributed by atoms with van der Waals surface area (Å²) in [6.07, 6.45) is 13.4. The van der Waals surface area contributed by atoms with Gasteiger partial charge in [-0.1, -0.05) is 18.2 Å². The number of aromatic nitrogens is 10. The highest BCUT2D eigenvalue weighted by Gasteiger charge is 2.35. The standard InChI is InChI=1S/C30H27FN4O4.C28H24FN3O3.C27H22FN3O3/c31-19-4-6-20(7-5-19)35-26-14-18-16-32-34-25(18)15-23(26)27(28(35)17-10-12-38-13-11-17)22-8-9-24(30(36)37)33-29(22)39-21-2-1-3-21;1-16-12-18(28(33)34)2-7-22(16)26-23-14-24-19(15-30-31-24)13-25(23)32(21-5-3-20(29)4-6-21)27(26)17-8-10-35-11-9-17;28-20-5-7-21(8-6-20)31-24-13-19-15-29-30-23(19)14-22(24)25(26(31)17-9-11-34-12-10-17)16-1-3-18(4-2-16)27(32)33/h4-9,14-17,21H,1-3,10-13H2,(H,32,34)(H,36,37);2-7,12-15,17H,8-11H2,1H3,(H,30,31)(H,33,34);1-8,13-15,17H,9-12H2,(H,29,30)(H,32,33). The third kappa shape index (κ3) is 13.0. The van der Waals surface area contributed by atoms with Crippen molar-refractivity contribution in [3.05, 3.63) is 239 Å². The lowest BCUT2D eigenvalue weighted by Gasteiger charge is -2.28. The third-order valence-electron chi connectivity index (χ3n) is 21.6. The molecule has 7 aromatic heterocycles. The van der Waals surface area contributed by atoms with E-state index in [4.69, 9.17) is 18.9 Å². The van der Waals surface area contributed by atoms with Gasteiger partial charge in [-0.15, -0.1) is 0 Å². The van der Waals surface area contributed by atoms with Crippen LogP contribution in [0, 0.1) is 24.4 Å². The molecule has 3 aliphatic heterocycles. The van der Waals surface area contributed by atoms with Gasteiger partial charge in [0.2, 0.25) is 5.88 Å². The second kappa shape index (κ2) is 28.9. The van der Waals surface area contributed by atoms with Gasteiger partial charge in [0, 0.05) is 146 Å². The fourth-order valence-corrected chi connectivity index (χ4v) is 16.1. The predicted molar refractivity (Wildman–Crippen MR) is 405 cm³/mol. The van der Waals surface area contributed by atoms with E-state index in [2.05, 4.69) is 85.7 Å². The maximum absolute atomic E-state index is 14.0. The minimum Gasteiger partial charge on any atom is -0.478 e. The number of hydrogen-bond acceptors (Lipinski definition) is 11. The van der Waals surface area contributed by atoms with Crippen molar-refractivity contribution in [2.45, 2.75) is 88.6 Å². The van der Waals surface area contributed by atoms with Crippen LogP contribution in [0.25, 0.3) is 116 Å². The van der Waals surface area contributed by atoms with E-state index in [0.29, 0.717) is 45.5 Å². The number of carbonyl (C=O) groups is 3. The molecule has 0 amide bonds. The fraction of sp³-hybridized carbons (Fsp3) is 0.235. The van der Waals surface area contributed by atoms with Crippen molar-refractivity contribution in [2.75, 3.05) is 39.6 Å². The van der Waals surface area contributed by atoms with Gasteiger partial charge >= 0.3 is 17.9 Å². The van der Waals surface area contributed by atoms with Crippen LogP contribution in [-0.4, -0.2) is 128 Å². The van der Waals surface area contributed by atoms with Crippen molar-refractivity contribution in [1.82, 2.24) is 49.3 Å². The number of hydrogen-bond donors (Lipinski definition) is 6. The van der Waals surface area contributed by atoms with E-state index in [0.717, 1.165) is 196 Å². The number of rotatable bonds is 14. The normalized spacial score (nSPS) is 15.4. The van der Waals surface area contributed by atoms with Crippen LogP contribution >= 0.6 is 0 Å². The van der Waals surface area contributed by atoms with Gasteiger partial charge in [-0.3, -0.25) is 15.3 Å². The van der Waals surface area contributed by atoms with Crippen LogP contribution in [0.5, 0.6) is 5.88 Å². The van der Waals surface area contributed by atoms with Crippen molar-refractivity contribution in [2.24, 2.45) is 0 Å². The maximum Gasteiger partial charge on any atom is 0.354 e. The first-order valence-electron chi connectivity index (χ1n) is 36.3. The molecule has 6 N–H and O–H groups in total. The Balaban J connectivity index is 0.000000119. The lowest BCUT2D eigenvalue weighted by molar-refractivity contribution is 0.0678. The van der Waals surface area contributed by atoms with Crippen LogP contribution in [-0.2, 0) is 14.2 Å². The van der Waals surface area contributed by atoms with E-state index in [1.165, 1.54) is 42.5 Å². The Morgan fingerprint density at radius 1 is 0.435 bits per heavy atom. The Morgan fingerprint density at radius 2 is 0.815 bits per heavy atom. The molecule has 23 heteroatoms. The van der Waals surface area contributed by atoms with Gasteiger partial charge in [0.25, 0.3) is 0 Å². The summed E-state index contributed by atoms with van der Waals surface area (Å²) in [6, 6.07) is 47.9. The molecule has 108 heavy (non-hydrogen) atoms. The van der Waals surface area contributed by atoms with E-state index in [1.54, 1.807) is 79.3 Å². The lowest BCUT2D eigenvalue weighted by Crippen LogP contribution is -2.25. The van der Waals surface area contributed by atoms with Gasteiger partial charge in [-0.05, 0) is 227 Å². The Morgan fingerprint density at radius 3 is 1.19 bits per heavy atom. The van der Waals surface area contributed by atoms with Crippen molar-refractivity contribution in [1.29, 1.82) is 0 Å². The highest BCUT2D eigenvalue weighted by Crippen LogP contribution is 2.50. The summed E-state index contributed by atoms with van der Waals surface area (Å²) < 4.78 is 71.8. The summed E-state index contributed by atoms with van der Waals surface area (Å²) >= 11 is 0. The number of pyridine rings is 1. The molecule has 0 radical (unpaired) electrons. The van der Waals surface area contributed by atoms with E-state index in [-0.39, 0.29) is 58.1 Å². The van der Waals surface area contributed by atoms with Gasteiger partial charge in [-0.25, -0.2) is 32.5 Å². The first-order chi connectivity index (χ1) is 52.7. The monoisotopic (exact) mass is 1450 g/mol. The van der Waals surface area contributed by atoms with Crippen molar-refractivity contribution in [3.63, 3.8) is 0 Å². The molecule has 8 aromatic carbocycles. The summed E-state index contributed by atoms with van der Waals surface area (Å²) in [7, 11) is 0. The Kier molecular flexibility index (Phi) is 18.5.